The number of carbonyl (C=O) groups is 1. The number of aryl methyl sites for hydroxylation is 2. The Bertz CT molecular complexity index is 927. The number of benzene rings is 2. The SMILES string of the molecule is CSc1ccccc1NC(=O)CCn1nnc(-c2ccc(F)c(C)c2)n1. The first-order valence-corrected chi connectivity index (χ1v) is 9.26. The predicted molar refractivity (Wildman–Crippen MR) is 99.4 cm³/mol. The zero-order valence-electron chi connectivity index (χ0n) is 14.4. The first kappa shape index (κ1) is 18.1. The quantitative estimate of drug-likeness (QED) is 0.671. The minimum absolute atomic E-state index is 0.122. The fourth-order valence-electron chi connectivity index (χ4n) is 2.40. The Morgan fingerprint density at radius 3 is 2.85 bits per heavy atom. The van der Waals surface area contributed by atoms with E-state index >= 15 is 0 Å². The molecule has 0 radical (unpaired) electrons. The molecule has 1 N–H and O–H groups in total. The lowest BCUT2D eigenvalue weighted by molar-refractivity contribution is -0.116. The van der Waals surface area contributed by atoms with Gasteiger partial charge in [0, 0.05) is 16.9 Å². The average Bonchev–Trinajstić information content (AvgIpc) is 3.12. The van der Waals surface area contributed by atoms with Gasteiger partial charge in [-0.05, 0) is 54.3 Å². The predicted octanol–water partition coefficient (Wildman–Crippen LogP) is 3.54. The normalized spacial score (nSPS) is 10.7. The maximum Gasteiger partial charge on any atom is 0.226 e. The van der Waals surface area contributed by atoms with Gasteiger partial charge < -0.3 is 5.32 Å². The van der Waals surface area contributed by atoms with Crippen LogP contribution < -0.4 is 5.32 Å². The van der Waals surface area contributed by atoms with Crippen LogP contribution >= 0.6 is 11.8 Å². The standard InChI is InChI=1S/C18H18FN5OS/c1-12-11-13(7-8-14(12)19)18-21-23-24(22-18)10-9-17(25)20-15-5-3-4-6-16(15)26-2/h3-8,11H,9-10H2,1-2H3,(H,20,25). The molecule has 0 saturated heterocycles. The fourth-order valence-corrected chi connectivity index (χ4v) is 2.95. The van der Waals surface area contributed by atoms with Crippen molar-refractivity contribution in [3.63, 3.8) is 0 Å². The monoisotopic (exact) mass is 371 g/mol. The second kappa shape index (κ2) is 8.09. The van der Waals surface area contributed by atoms with E-state index in [9.17, 15) is 9.18 Å². The van der Waals surface area contributed by atoms with Gasteiger partial charge in [-0.2, -0.15) is 4.80 Å². The van der Waals surface area contributed by atoms with E-state index in [1.165, 1.54) is 10.9 Å². The van der Waals surface area contributed by atoms with E-state index in [4.69, 9.17) is 0 Å². The largest absolute Gasteiger partial charge is 0.325 e. The van der Waals surface area contributed by atoms with E-state index in [-0.39, 0.29) is 18.1 Å². The van der Waals surface area contributed by atoms with Crippen LogP contribution in [0, 0.1) is 12.7 Å². The molecule has 0 saturated carbocycles. The van der Waals surface area contributed by atoms with Crippen LogP contribution in [0.15, 0.2) is 47.4 Å². The number of nitrogens with one attached hydrogen (secondary N) is 1. The van der Waals surface area contributed by atoms with Gasteiger partial charge >= 0.3 is 0 Å². The summed E-state index contributed by atoms with van der Waals surface area (Å²) in [5, 5.41) is 15.1. The number of para-hydroxylation sites is 1. The Morgan fingerprint density at radius 2 is 2.08 bits per heavy atom. The topological polar surface area (TPSA) is 72.7 Å². The number of amides is 1. The Hall–Kier alpha value is -2.74. The third kappa shape index (κ3) is 4.26. The molecule has 0 fully saturated rings. The Kier molecular flexibility index (Phi) is 5.62. The van der Waals surface area contributed by atoms with Gasteiger partial charge in [0.25, 0.3) is 0 Å². The second-order valence-electron chi connectivity index (χ2n) is 5.67. The molecule has 6 nitrogen and oxygen atoms in total. The summed E-state index contributed by atoms with van der Waals surface area (Å²) in [7, 11) is 0. The molecule has 134 valence electrons. The van der Waals surface area contributed by atoms with Crippen LogP contribution in [-0.2, 0) is 11.3 Å². The highest BCUT2D eigenvalue weighted by atomic mass is 32.2. The minimum atomic E-state index is -0.275. The highest BCUT2D eigenvalue weighted by Crippen LogP contribution is 2.24. The number of thioether (sulfide) groups is 1. The summed E-state index contributed by atoms with van der Waals surface area (Å²) in [5.41, 5.74) is 2.00. The van der Waals surface area contributed by atoms with Crippen LogP contribution in [0.4, 0.5) is 10.1 Å². The van der Waals surface area contributed by atoms with Gasteiger partial charge in [-0.15, -0.1) is 22.0 Å². The second-order valence-corrected chi connectivity index (χ2v) is 6.52. The van der Waals surface area contributed by atoms with Crippen LogP contribution in [-0.4, -0.2) is 32.4 Å². The Labute approximate surface area is 154 Å². The van der Waals surface area contributed by atoms with Gasteiger partial charge in [0.1, 0.15) is 5.82 Å². The molecule has 1 aromatic heterocycles. The number of rotatable bonds is 6. The van der Waals surface area contributed by atoms with Gasteiger partial charge in [-0.1, -0.05) is 12.1 Å². The first-order chi connectivity index (χ1) is 12.6. The number of carbonyl (C=O) groups excluding carboxylic acids is 1. The summed E-state index contributed by atoms with van der Waals surface area (Å²) in [6.07, 6.45) is 2.18. The third-order valence-electron chi connectivity index (χ3n) is 3.79. The number of hydrogen-bond acceptors (Lipinski definition) is 5. The van der Waals surface area contributed by atoms with Crippen LogP contribution in [0.3, 0.4) is 0 Å². The average molecular weight is 371 g/mol. The van der Waals surface area contributed by atoms with Crippen LogP contribution in [0.5, 0.6) is 0 Å². The summed E-state index contributed by atoms with van der Waals surface area (Å²) >= 11 is 1.57. The van der Waals surface area contributed by atoms with Gasteiger partial charge in [0.05, 0.1) is 12.2 Å². The maximum absolute atomic E-state index is 13.4. The van der Waals surface area contributed by atoms with Crippen molar-refractivity contribution in [1.82, 2.24) is 20.2 Å². The van der Waals surface area contributed by atoms with Gasteiger partial charge in [-0.3, -0.25) is 4.79 Å². The molecule has 0 atom stereocenters. The number of anilines is 1. The number of aromatic nitrogens is 4. The van der Waals surface area contributed by atoms with Crippen LogP contribution in [0.25, 0.3) is 11.4 Å². The van der Waals surface area contributed by atoms with Gasteiger partial charge in [0.2, 0.25) is 11.7 Å². The zero-order valence-corrected chi connectivity index (χ0v) is 15.3. The van der Waals surface area contributed by atoms with E-state index in [2.05, 4.69) is 20.7 Å². The van der Waals surface area contributed by atoms with Gasteiger partial charge in [0.15, 0.2) is 0 Å². The van der Waals surface area contributed by atoms with E-state index < -0.39 is 0 Å². The van der Waals surface area contributed by atoms with Crippen molar-refractivity contribution in [2.24, 2.45) is 0 Å². The zero-order chi connectivity index (χ0) is 18.5. The summed E-state index contributed by atoms with van der Waals surface area (Å²) in [4.78, 5) is 14.5. The molecule has 8 heteroatoms. The molecule has 2 aromatic carbocycles. The lowest BCUT2D eigenvalue weighted by Gasteiger charge is -2.08. The van der Waals surface area contributed by atoms with Crippen LogP contribution in [0.2, 0.25) is 0 Å². The molecule has 0 aliphatic carbocycles. The molecule has 1 heterocycles. The molecule has 1 amide bonds. The van der Waals surface area contributed by atoms with Crippen molar-refractivity contribution < 1.29 is 9.18 Å². The molecule has 3 aromatic rings. The van der Waals surface area contributed by atoms with Crippen molar-refractivity contribution in [1.29, 1.82) is 0 Å². The summed E-state index contributed by atoms with van der Waals surface area (Å²) in [5.74, 6) is 0.00699. The molecule has 26 heavy (non-hydrogen) atoms. The molecule has 0 bridgehead atoms. The molecular formula is C18H18FN5OS. The Morgan fingerprint density at radius 1 is 1.27 bits per heavy atom. The van der Waals surface area contributed by atoms with E-state index in [1.54, 1.807) is 30.8 Å². The lowest BCUT2D eigenvalue weighted by atomic mass is 10.1. The summed E-state index contributed by atoms with van der Waals surface area (Å²) < 4.78 is 13.4. The highest BCUT2D eigenvalue weighted by Gasteiger charge is 2.10. The maximum atomic E-state index is 13.4. The summed E-state index contributed by atoms with van der Waals surface area (Å²) in [6, 6.07) is 12.3. The van der Waals surface area contributed by atoms with Crippen molar-refractivity contribution in [3.05, 3.63) is 53.8 Å². The third-order valence-corrected chi connectivity index (χ3v) is 4.58. The molecule has 0 aliphatic heterocycles. The molecule has 0 unspecified atom stereocenters. The van der Waals surface area contributed by atoms with E-state index in [1.807, 2.05) is 30.5 Å². The smallest absolute Gasteiger partial charge is 0.226 e. The van der Waals surface area contributed by atoms with E-state index in [0.717, 1.165) is 10.6 Å². The van der Waals surface area contributed by atoms with Crippen LogP contribution in [0.1, 0.15) is 12.0 Å². The van der Waals surface area contributed by atoms with E-state index in [0.29, 0.717) is 23.5 Å². The minimum Gasteiger partial charge on any atom is -0.325 e. The Balaban J connectivity index is 1.61. The number of tetrazole rings is 1. The number of halogens is 1. The number of hydrogen-bond donors (Lipinski definition) is 1. The summed E-state index contributed by atoms with van der Waals surface area (Å²) in [6.45, 7) is 1.99. The molecule has 0 aliphatic rings. The fraction of sp³-hybridized carbons (Fsp3) is 0.222. The van der Waals surface area contributed by atoms with Crippen molar-refractivity contribution in [3.8, 4) is 11.4 Å². The molecular weight excluding hydrogens is 353 g/mol. The van der Waals surface area contributed by atoms with Gasteiger partial charge in [-0.25, -0.2) is 4.39 Å². The highest BCUT2D eigenvalue weighted by molar-refractivity contribution is 7.98. The van der Waals surface area contributed by atoms with Crippen molar-refractivity contribution in [2.45, 2.75) is 24.8 Å². The van der Waals surface area contributed by atoms with Crippen molar-refractivity contribution in [2.75, 3.05) is 11.6 Å². The molecule has 3 rings (SSSR count). The number of nitrogens with zero attached hydrogens (tertiary/aromatic N) is 4. The molecule has 0 spiro atoms. The lowest BCUT2D eigenvalue weighted by Crippen LogP contribution is -2.16. The first-order valence-electron chi connectivity index (χ1n) is 8.04. The van der Waals surface area contributed by atoms with Crippen molar-refractivity contribution >= 4 is 23.4 Å².